The Bertz CT molecular complexity index is 376. The third-order valence-corrected chi connectivity index (χ3v) is 4.82. The molecule has 0 heterocycles. The lowest BCUT2D eigenvalue weighted by molar-refractivity contribution is -0.131. The van der Waals surface area contributed by atoms with E-state index in [0.29, 0.717) is 13.1 Å². The Morgan fingerprint density at radius 1 is 1.15 bits per heavy atom. The summed E-state index contributed by atoms with van der Waals surface area (Å²) in [6.07, 6.45) is 3.20. The van der Waals surface area contributed by atoms with Crippen molar-refractivity contribution < 1.29 is 13.2 Å². The molecule has 20 heavy (non-hydrogen) atoms. The quantitative estimate of drug-likeness (QED) is 0.520. The van der Waals surface area contributed by atoms with Gasteiger partial charge in [0.05, 0.1) is 11.2 Å². The fourth-order valence-electron chi connectivity index (χ4n) is 2.38. The van der Waals surface area contributed by atoms with Crippen LogP contribution in [0, 0.1) is 5.41 Å². The molecule has 120 valence electrons. The topological polar surface area (TPSA) is 101 Å². The minimum Gasteiger partial charge on any atom is -0.355 e. The van der Waals surface area contributed by atoms with Crippen LogP contribution in [0.5, 0.6) is 0 Å². The van der Waals surface area contributed by atoms with Crippen molar-refractivity contribution in [1.29, 1.82) is 0 Å². The monoisotopic (exact) mass is 307 g/mol. The van der Waals surface area contributed by atoms with E-state index in [1.165, 1.54) is 0 Å². The van der Waals surface area contributed by atoms with Gasteiger partial charge in [-0.25, -0.2) is 13.1 Å². The first-order valence-electron chi connectivity index (χ1n) is 7.33. The molecule has 6 nitrogen and oxygen atoms in total. The Labute approximate surface area is 122 Å². The molecule has 0 aromatic heterocycles. The van der Waals surface area contributed by atoms with E-state index < -0.39 is 15.4 Å². The van der Waals surface area contributed by atoms with Crippen molar-refractivity contribution in [3.8, 4) is 0 Å². The molecule has 0 aliphatic rings. The average Bonchev–Trinajstić information content (AvgIpc) is 2.37. The first-order valence-corrected chi connectivity index (χ1v) is 8.98. The van der Waals surface area contributed by atoms with E-state index in [-0.39, 0.29) is 18.2 Å². The van der Waals surface area contributed by atoms with Crippen LogP contribution in [0.25, 0.3) is 0 Å². The van der Waals surface area contributed by atoms with Crippen LogP contribution in [-0.2, 0) is 14.8 Å². The maximum absolute atomic E-state index is 12.3. The van der Waals surface area contributed by atoms with Gasteiger partial charge in [0.1, 0.15) is 0 Å². The molecule has 0 spiro atoms. The summed E-state index contributed by atoms with van der Waals surface area (Å²) in [6.45, 7) is 6.52. The van der Waals surface area contributed by atoms with Crippen LogP contribution in [0.4, 0.5) is 0 Å². The Balaban J connectivity index is 4.55. The molecule has 0 fully saturated rings. The second-order valence-electron chi connectivity index (χ2n) is 5.06. The zero-order chi connectivity index (χ0) is 15.6. The summed E-state index contributed by atoms with van der Waals surface area (Å²) in [5, 5.41) is 2.72. The number of hydrogen-bond acceptors (Lipinski definition) is 4. The summed E-state index contributed by atoms with van der Waals surface area (Å²) >= 11 is 0. The smallest absolute Gasteiger partial charge is 0.227 e. The second kappa shape index (κ2) is 9.31. The first kappa shape index (κ1) is 19.3. The van der Waals surface area contributed by atoms with Crippen molar-refractivity contribution in [2.75, 3.05) is 25.4 Å². The predicted octanol–water partition coefficient (Wildman–Crippen LogP) is 0.587. The van der Waals surface area contributed by atoms with Crippen molar-refractivity contribution >= 4 is 15.9 Å². The van der Waals surface area contributed by atoms with E-state index in [4.69, 9.17) is 5.73 Å². The van der Waals surface area contributed by atoms with Crippen molar-refractivity contribution in [2.45, 2.75) is 46.5 Å². The molecule has 0 atom stereocenters. The van der Waals surface area contributed by atoms with Gasteiger partial charge in [-0.2, -0.15) is 0 Å². The van der Waals surface area contributed by atoms with Crippen LogP contribution >= 0.6 is 0 Å². The molecule has 1 amide bonds. The van der Waals surface area contributed by atoms with E-state index in [9.17, 15) is 13.2 Å². The third-order valence-electron chi connectivity index (χ3n) is 3.35. The molecule has 0 aromatic carbocycles. The van der Waals surface area contributed by atoms with Gasteiger partial charge in [-0.1, -0.05) is 33.6 Å². The Morgan fingerprint density at radius 3 is 2.10 bits per heavy atom. The first-order chi connectivity index (χ1) is 9.37. The molecule has 0 saturated heterocycles. The summed E-state index contributed by atoms with van der Waals surface area (Å²) in [5.74, 6) is -0.235. The van der Waals surface area contributed by atoms with Crippen molar-refractivity contribution in [2.24, 2.45) is 11.1 Å². The van der Waals surface area contributed by atoms with Gasteiger partial charge in [0.2, 0.25) is 15.9 Å². The van der Waals surface area contributed by atoms with Crippen LogP contribution in [0.3, 0.4) is 0 Å². The molecule has 0 aromatic rings. The molecular weight excluding hydrogens is 278 g/mol. The van der Waals surface area contributed by atoms with Crippen LogP contribution in [0.1, 0.15) is 46.5 Å². The number of rotatable bonds is 11. The number of carbonyl (C=O) groups excluding carboxylic acids is 1. The number of hydrogen-bond donors (Lipinski definition) is 3. The number of carbonyl (C=O) groups is 1. The number of nitrogens with two attached hydrogens (primary N) is 1. The van der Waals surface area contributed by atoms with E-state index in [2.05, 4.69) is 10.0 Å². The zero-order valence-electron chi connectivity index (χ0n) is 12.9. The molecule has 7 heteroatoms. The Kier molecular flexibility index (Phi) is 9.00. The van der Waals surface area contributed by atoms with Gasteiger partial charge in [0, 0.05) is 19.6 Å². The van der Waals surface area contributed by atoms with Crippen molar-refractivity contribution in [3.63, 3.8) is 0 Å². The molecule has 0 unspecified atom stereocenters. The summed E-state index contributed by atoms with van der Waals surface area (Å²) in [4.78, 5) is 12.3. The van der Waals surface area contributed by atoms with Gasteiger partial charge in [0.25, 0.3) is 0 Å². The molecule has 4 N–H and O–H groups in total. The van der Waals surface area contributed by atoms with Gasteiger partial charge in [0.15, 0.2) is 0 Å². The molecule has 0 saturated carbocycles. The van der Waals surface area contributed by atoms with Gasteiger partial charge >= 0.3 is 0 Å². The summed E-state index contributed by atoms with van der Waals surface area (Å²) in [7, 11) is -3.30. The highest BCUT2D eigenvalue weighted by Gasteiger charge is 2.35. The highest BCUT2D eigenvalue weighted by Crippen LogP contribution is 2.28. The molecule has 0 radical (unpaired) electrons. The van der Waals surface area contributed by atoms with E-state index in [1.807, 2.05) is 13.8 Å². The number of nitrogens with one attached hydrogen (secondary N) is 2. The van der Waals surface area contributed by atoms with Crippen LogP contribution in [0.2, 0.25) is 0 Å². The van der Waals surface area contributed by atoms with Crippen molar-refractivity contribution in [3.05, 3.63) is 0 Å². The molecular formula is C13H29N3O3S. The Hall–Kier alpha value is -0.660. The lowest BCUT2D eigenvalue weighted by Crippen LogP contribution is -2.47. The van der Waals surface area contributed by atoms with E-state index in [0.717, 1.165) is 25.7 Å². The van der Waals surface area contributed by atoms with Gasteiger partial charge in [-0.15, -0.1) is 0 Å². The largest absolute Gasteiger partial charge is 0.355 e. The fourth-order valence-corrected chi connectivity index (χ4v) is 3.34. The Morgan fingerprint density at radius 2 is 1.70 bits per heavy atom. The molecule has 0 aliphatic heterocycles. The van der Waals surface area contributed by atoms with E-state index in [1.54, 1.807) is 6.92 Å². The summed E-state index contributed by atoms with van der Waals surface area (Å²) in [5.41, 5.74) is 5.23. The van der Waals surface area contributed by atoms with Crippen molar-refractivity contribution in [1.82, 2.24) is 10.0 Å². The number of amides is 1. The van der Waals surface area contributed by atoms with Crippen LogP contribution < -0.4 is 15.8 Å². The maximum Gasteiger partial charge on any atom is 0.227 e. The van der Waals surface area contributed by atoms with Crippen LogP contribution in [0.15, 0.2) is 0 Å². The molecule has 0 rings (SSSR count). The standard InChI is InChI=1S/C13H29N3O3S/c1-4-7-13(11-14,8-5-2)12(17)15-9-10-20(18,19)16-6-3/h16H,4-11,14H2,1-3H3,(H,15,17). The summed E-state index contributed by atoms with van der Waals surface area (Å²) < 4.78 is 25.4. The fraction of sp³-hybridized carbons (Fsp3) is 0.923. The third kappa shape index (κ3) is 6.19. The minimum atomic E-state index is -3.30. The van der Waals surface area contributed by atoms with Crippen LogP contribution in [-0.4, -0.2) is 39.7 Å². The van der Waals surface area contributed by atoms with Gasteiger partial charge in [-0.05, 0) is 12.8 Å². The maximum atomic E-state index is 12.3. The van der Waals surface area contributed by atoms with Gasteiger partial charge < -0.3 is 11.1 Å². The van der Waals surface area contributed by atoms with Gasteiger partial charge in [-0.3, -0.25) is 4.79 Å². The van der Waals surface area contributed by atoms with E-state index >= 15 is 0 Å². The second-order valence-corrected chi connectivity index (χ2v) is 6.98. The SMILES string of the molecule is CCCC(CN)(CCC)C(=O)NCCS(=O)(=O)NCC. The highest BCUT2D eigenvalue weighted by atomic mass is 32.2. The average molecular weight is 307 g/mol. The lowest BCUT2D eigenvalue weighted by Gasteiger charge is -2.30. The summed E-state index contributed by atoms with van der Waals surface area (Å²) in [6, 6.07) is 0. The highest BCUT2D eigenvalue weighted by molar-refractivity contribution is 7.89. The zero-order valence-corrected chi connectivity index (χ0v) is 13.7. The normalized spacial score (nSPS) is 12.4. The minimum absolute atomic E-state index is 0.106. The predicted molar refractivity (Wildman–Crippen MR) is 81.8 cm³/mol. The lowest BCUT2D eigenvalue weighted by atomic mass is 9.78. The number of sulfonamides is 1. The molecule has 0 aliphatic carbocycles. The molecule has 0 bridgehead atoms.